The molecule has 1 amide bonds. The molecule has 2 aliphatic rings. The molecule has 0 saturated carbocycles. The van der Waals surface area contributed by atoms with E-state index in [0.29, 0.717) is 43.3 Å². The van der Waals surface area contributed by atoms with Crippen molar-refractivity contribution in [3.8, 4) is 11.5 Å². The first kappa shape index (κ1) is 23.7. The zero-order valence-corrected chi connectivity index (χ0v) is 20.3. The average molecular weight is 494 g/mol. The molecule has 0 N–H and O–H groups in total. The summed E-state index contributed by atoms with van der Waals surface area (Å²) in [6.07, 6.45) is 1.48. The number of amides is 1. The zero-order valence-electron chi connectivity index (χ0n) is 18.7. The van der Waals surface area contributed by atoms with E-state index in [2.05, 4.69) is 4.90 Å². The van der Waals surface area contributed by atoms with Crippen molar-refractivity contribution in [3.05, 3.63) is 53.1 Å². The van der Waals surface area contributed by atoms with E-state index in [1.807, 2.05) is 25.1 Å². The van der Waals surface area contributed by atoms with Crippen molar-refractivity contribution in [3.63, 3.8) is 0 Å². The van der Waals surface area contributed by atoms with Crippen molar-refractivity contribution in [2.24, 2.45) is 0 Å². The van der Waals surface area contributed by atoms with Crippen molar-refractivity contribution in [2.45, 2.75) is 25.9 Å². The number of rotatable bonds is 7. The van der Waals surface area contributed by atoms with Gasteiger partial charge in [-0.25, -0.2) is 8.42 Å². The molecule has 8 nitrogen and oxygen atoms in total. The summed E-state index contributed by atoms with van der Waals surface area (Å²) in [5.74, 6) is 1.33. The molecule has 0 bridgehead atoms. The molecule has 33 heavy (non-hydrogen) atoms. The molecule has 0 aliphatic carbocycles. The van der Waals surface area contributed by atoms with Crippen molar-refractivity contribution >= 4 is 33.2 Å². The van der Waals surface area contributed by atoms with E-state index in [4.69, 9.17) is 21.1 Å². The van der Waals surface area contributed by atoms with E-state index < -0.39 is 16.1 Å². The highest BCUT2D eigenvalue weighted by molar-refractivity contribution is 7.92. The molecule has 1 fully saturated rings. The van der Waals surface area contributed by atoms with Gasteiger partial charge in [0.2, 0.25) is 22.7 Å². The number of hydrogen-bond donors (Lipinski definition) is 0. The van der Waals surface area contributed by atoms with Gasteiger partial charge in [-0.1, -0.05) is 30.7 Å². The number of piperazine rings is 1. The van der Waals surface area contributed by atoms with Crippen LogP contribution in [0.15, 0.2) is 42.5 Å². The fourth-order valence-corrected chi connectivity index (χ4v) is 5.67. The molecule has 178 valence electrons. The van der Waals surface area contributed by atoms with Crippen molar-refractivity contribution in [1.82, 2.24) is 9.80 Å². The Hall–Kier alpha value is -2.49. The molecule has 2 heterocycles. The first-order chi connectivity index (χ1) is 15.8. The maximum absolute atomic E-state index is 13.4. The minimum absolute atomic E-state index is 0.189. The molecular formula is C23H28ClN3O5S. The summed E-state index contributed by atoms with van der Waals surface area (Å²) in [5.41, 5.74) is 1.52. The predicted molar refractivity (Wildman–Crippen MR) is 127 cm³/mol. The quantitative estimate of drug-likeness (QED) is 0.590. The number of benzene rings is 2. The molecule has 1 saturated heterocycles. The summed E-state index contributed by atoms with van der Waals surface area (Å²) in [6, 6.07) is 11.7. The number of hydrogen-bond acceptors (Lipinski definition) is 6. The molecule has 0 unspecified atom stereocenters. The minimum atomic E-state index is -3.69. The molecule has 1 atom stereocenters. The van der Waals surface area contributed by atoms with Crippen LogP contribution in [-0.2, 0) is 21.4 Å². The SMILES string of the molecule is CC[C@H](C(=O)N1CCN(Cc2ccc3c(c2)OCO3)CC1)N(c1cccc(Cl)c1)S(C)(=O)=O. The maximum atomic E-state index is 13.4. The third-order valence-corrected chi connectivity index (χ3v) is 7.32. The van der Waals surface area contributed by atoms with Gasteiger partial charge in [0.1, 0.15) is 6.04 Å². The van der Waals surface area contributed by atoms with Crippen LogP contribution in [0.4, 0.5) is 5.69 Å². The van der Waals surface area contributed by atoms with Crippen LogP contribution >= 0.6 is 11.6 Å². The summed E-state index contributed by atoms with van der Waals surface area (Å²) in [7, 11) is -3.69. The van der Waals surface area contributed by atoms with Gasteiger partial charge in [0.05, 0.1) is 11.9 Å². The van der Waals surface area contributed by atoms with Crippen LogP contribution in [0.1, 0.15) is 18.9 Å². The number of halogens is 1. The summed E-state index contributed by atoms with van der Waals surface area (Å²) in [6.45, 7) is 5.28. The third kappa shape index (κ3) is 5.37. The smallest absolute Gasteiger partial charge is 0.246 e. The number of sulfonamides is 1. The second kappa shape index (κ2) is 9.79. The number of carbonyl (C=O) groups excluding carboxylic acids is 1. The van der Waals surface area contributed by atoms with Gasteiger partial charge >= 0.3 is 0 Å². The molecule has 2 aliphatic heterocycles. The van der Waals surface area contributed by atoms with Crippen molar-refractivity contribution in [2.75, 3.05) is 43.5 Å². The van der Waals surface area contributed by atoms with E-state index in [-0.39, 0.29) is 12.7 Å². The molecule has 2 aromatic rings. The second-order valence-corrected chi connectivity index (χ2v) is 10.5. The van der Waals surface area contributed by atoms with Crippen LogP contribution in [0.25, 0.3) is 0 Å². The number of nitrogens with zero attached hydrogens (tertiary/aromatic N) is 3. The highest BCUT2D eigenvalue weighted by atomic mass is 35.5. The maximum Gasteiger partial charge on any atom is 0.246 e. The first-order valence-electron chi connectivity index (χ1n) is 10.9. The average Bonchev–Trinajstić information content (AvgIpc) is 3.24. The Labute approximate surface area is 199 Å². The van der Waals surface area contributed by atoms with Crippen LogP contribution in [0.2, 0.25) is 5.02 Å². The molecule has 2 aromatic carbocycles. The van der Waals surface area contributed by atoms with Crippen LogP contribution < -0.4 is 13.8 Å². The fourth-order valence-electron chi connectivity index (χ4n) is 4.29. The van der Waals surface area contributed by atoms with E-state index in [1.54, 1.807) is 29.2 Å². The third-order valence-electron chi connectivity index (χ3n) is 5.90. The van der Waals surface area contributed by atoms with E-state index in [9.17, 15) is 13.2 Å². The molecule has 4 rings (SSSR count). The van der Waals surface area contributed by atoms with Gasteiger partial charge in [-0.3, -0.25) is 14.0 Å². The van der Waals surface area contributed by atoms with Crippen LogP contribution in [0.5, 0.6) is 11.5 Å². The van der Waals surface area contributed by atoms with E-state index in [0.717, 1.165) is 29.9 Å². The summed E-state index contributed by atoms with van der Waals surface area (Å²) >= 11 is 6.09. The summed E-state index contributed by atoms with van der Waals surface area (Å²) < 4.78 is 37.3. The van der Waals surface area contributed by atoms with Crippen molar-refractivity contribution in [1.29, 1.82) is 0 Å². The number of anilines is 1. The van der Waals surface area contributed by atoms with Gasteiger partial charge in [0.25, 0.3) is 0 Å². The Kier molecular flexibility index (Phi) is 7.02. The van der Waals surface area contributed by atoms with Gasteiger partial charge in [-0.05, 0) is 42.3 Å². The fraction of sp³-hybridized carbons (Fsp3) is 0.435. The van der Waals surface area contributed by atoms with Gasteiger partial charge in [0.15, 0.2) is 11.5 Å². The van der Waals surface area contributed by atoms with Gasteiger partial charge in [0, 0.05) is 37.7 Å². The van der Waals surface area contributed by atoms with Crippen LogP contribution in [0, 0.1) is 0 Å². The molecule has 10 heteroatoms. The Morgan fingerprint density at radius 2 is 1.82 bits per heavy atom. The minimum Gasteiger partial charge on any atom is -0.454 e. The topological polar surface area (TPSA) is 79.4 Å². The Bertz CT molecular complexity index is 1120. The van der Waals surface area contributed by atoms with Gasteiger partial charge < -0.3 is 14.4 Å². The Balaban J connectivity index is 1.43. The number of ether oxygens (including phenoxy) is 2. The van der Waals surface area contributed by atoms with Gasteiger partial charge in [-0.2, -0.15) is 0 Å². The Morgan fingerprint density at radius 3 is 2.48 bits per heavy atom. The summed E-state index contributed by atoms with van der Waals surface area (Å²) in [4.78, 5) is 17.4. The van der Waals surface area contributed by atoms with Crippen molar-refractivity contribution < 1.29 is 22.7 Å². The number of carbonyl (C=O) groups is 1. The lowest BCUT2D eigenvalue weighted by atomic mass is 10.1. The highest BCUT2D eigenvalue weighted by Gasteiger charge is 2.35. The normalized spacial score (nSPS) is 17.1. The van der Waals surface area contributed by atoms with Crippen LogP contribution in [-0.4, -0.2) is 69.4 Å². The standard InChI is InChI=1S/C23H28ClN3O5S/c1-3-20(27(33(2,29)30)19-6-4-5-18(24)14-19)23(28)26-11-9-25(10-12-26)15-17-7-8-21-22(13-17)32-16-31-21/h4-8,13-14,20H,3,9-12,15-16H2,1-2H3/t20-/m1/s1. The molecular weight excluding hydrogens is 466 g/mol. The van der Waals surface area contributed by atoms with Gasteiger partial charge in [-0.15, -0.1) is 0 Å². The highest BCUT2D eigenvalue weighted by Crippen LogP contribution is 2.33. The predicted octanol–water partition coefficient (Wildman–Crippen LogP) is 2.96. The largest absolute Gasteiger partial charge is 0.454 e. The molecule has 0 spiro atoms. The van der Waals surface area contributed by atoms with Crippen LogP contribution in [0.3, 0.4) is 0 Å². The monoisotopic (exact) mass is 493 g/mol. The zero-order chi connectivity index (χ0) is 23.6. The first-order valence-corrected chi connectivity index (χ1v) is 13.1. The second-order valence-electron chi connectivity index (χ2n) is 8.25. The lowest BCUT2D eigenvalue weighted by molar-refractivity contribution is -0.134. The lowest BCUT2D eigenvalue weighted by Crippen LogP contribution is -2.55. The lowest BCUT2D eigenvalue weighted by Gasteiger charge is -2.39. The molecule has 0 aromatic heterocycles. The van der Waals surface area contributed by atoms with E-state index in [1.165, 1.54) is 4.31 Å². The molecule has 0 radical (unpaired) electrons. The Morgan fingerprint density at radius 1 is 1.09 bits per heavy atom. The number of fused-ring (bicyclic) bond motifs is 1. The summed E-state index contributed by atoms with van der Waals surface area (Å²) in [5, 5.41) is 0.417. The van der Waals surface area contributed by atoms with E-state index >= 15 is 0 Å².